The third-order valence-corrected chi connectivity index (χ3v) is 4.86. The summed E-state index contributed by atoms with van der Waals surface area (Å²) < 4.78 is 5.59. The first-order valence-corrected chi connectivity index (χ1v) is 8.36. The zero-order valence-electron chi connectivity index (χ0n) is 13.6. The van der Waals surface area contributed by atoms with Crippen molar-refractivity contribution in [1.82, 2.24) is 15.3 Å². The topological polar surface area (TPSA) is 76.1 Å². The summed E-state index contributed by atoms with van der Waals surface area (Å²) in [6, 6.07) is 7.79. The highest BCUT2D eigenvalue weighted by molar-refractivity contribution is 6.05. The molecule has 6 heteroatoms. The molecule has 2 N–H and O–H groups in total. The number of hydrogen-bond acceptors (Lipinski definition) is 5. The molecule has 2 aromatic heterocycles. The maximum absolute atomic E-state index is 12.6. The van der Waals surface area contributed by atoms with Gasteiger partial charge in [0, 0.05) is 11.8 Å². The molecule has 1 fully saturated rings. The van der Waals surface area contributed by atoms with Crippen LogP contribution in [0, 0.1) is 0 Å². The summed E-state index contributed by atoms with van der Waals surface area (Å²) in [7, 11) is 0. The highest BCUT2D eigenvalue weighted by Crippen LogP contribution is 2.44. The predicted molar refractivity (Wildman–Crippen MR) is 91.0 cm³/mol. The van der Waals surface area contributed by atoms with Gasteiger partial charge in [-0.25, -0.2) is 9.97 Å². The Morgan fingerprint density at radius 3 is 2.88 bits per heavy atom. The molecule has 2 aromatic rings. The summed E-state index contributed by atoms with van der Waals surface area (Å²) in [5.41, 5.74) is 2.18. The van der Waals surface area contributed by atoms with Gasteiger partial charge in [0.15, 0.2) is 0 Å². The van der Waals surface area contributed by atoms with E-state index in [1.165, 1.54) is 0 Å². The van der Waals surface area contributed by atoms with Crippen molar-refractivity contribution in [3.05, 3.63) is 36.0 Å². The van der Waals surface area contributed by atoms with Crippen molar-refractivity contribution in [1.29, 1.82) is 0 Å². The minimum atomic E-state index is -0.427. The van der Waals surface area contributed by atoms with Crippen LogP contribution in [0.5, 0.6) is 5.88 Å². The molecule has 0 aliphatic carbocycles. The van der Waals surface area contributed by atoms with Gasteiger partial charge in [0.25, 0.3) is 0 Å². The number of carbonyl (C=O) groups excluding carboxylic acids is 1. The second-order valence-electron chi connectivity index (χ2n) is 6.17. The van der Waals surface area contributed by atoms with Crippen LogP contribution in [0.3, 0.4) is 0 Å². The third-order valence-electron chi connectivity index (χ3n) is 4.86. The van der Waals surface area contributed by atoms with Crippen LogP contribution >= 0.6 is 0 Å². The van der Waals surface area contributed by atoms with Gasteiger partial charge in [-0.05, 0) is 51.1 Å². The van der Waals surface area contributed by atoms with Gasteiger partial charge in [-0.2, -0.15) is 0 Å². The highest BCUT2D eigenvalue weighted by Gasteiger charge is 2.47. The van der Waals surface area contributed by atoms with Crippen LogP contribution < -0.4 is 15.4 Å². The Bertz CT molecular complexity index is 784. The lowest BCUT2D eigenvalue weighted by atomic mass is 9.74. The number of pyridine rings is 2. The van der Waals surface area contributed by atoms with Crippen LogP contribution in [0.25, 0.3) is 11.3 Å². The maximum Gasteiger partial charge on any atom is 0.236 e. The molecular weight excluding hydrogens is 304 g/mol. The molecule has 0 atom stereocenters. The van der Waals surface area contributed by atoms with Crippen LogP contribution in [0.15, 0.2) is 30.5 Å². The summed E-state index contributed by atoms with van der Waals surface area (Å²) in [5.74, 6) is 1.30. The zero-order chi connectivity index (χ0) is 16.6. The molecule has 4 heterocycles. The number of fused-ring (bicyclic) bond motifs is 2. The van der Waals surface area contributed by atoms with E-state index in [1.54, 1.807) is 6.20 Å². The Labute approximate surface area is 140 Å². The molecule has 0 bridgehead atoms. The van der Waals surface area contributed by atoms with Crippen molar-refractivity contribution in [3.8, 4) is 17.1 Å². The van der Waals surface area contributed by atoms with E-state index in [4.69, 9.17) is 9.72 Å². The van der Waals surface area contributed by atoms with Gasteiger partial charge < -0.3 is 15.4 Å². The average Bonchev–Trinajstić information content (AvgIpc) is 2.87. The Morgan fingerprint density at radius 1 is 1.25 bits per heavy atom. The predicted octanol–water partition coefficient (Wildman–Crippen LogP) is 2.12. The fraction of sp³-hybridized carbons (Fsp3) is 0.389. The minimum absolute atomic E-state index is 0.0693. The molecule has 0 saturated carbocycles. The number of ether oxygens (including phenoxy) is 1. The maximum atomic E-state index is 12.6. The van der Waals surface area contributed by atoms with Crippen LogP contribution in [0.1, 0.15) is 25.3 Å². The van der Waals surface area contributed by atoms with E-state index in [1.807, 2.05) is 31.2 Å². The molecule has 2 aliphatic rings. The number of nitrogens with zero attached hydrogens (tertiary/aromatic N) is 2. The first kappa shape index (κ1) is 15.1. The van der Waals surface area contributed by atoms with E-state index in [2.05, 4.69) is 15.6 Å². The average molecular weight is 324 g/mol. The molecular formula is C18H20N4O2. The van der Waals surface area contributed by atoms with Gasteiger partial charge in [-0.15, -0.1) is 0 Å². The van der Waals surface area contributed by atoms with E-state index in [0.717, 1.165) is 42.8 Å². The molecule has 1 saturated heterocycles. The number of anilines is 1. The van der Waals surface area contributed by atoms with Crippen molar-refractivity contribution in [2.24, 2.45) is 0 Å². The lowest BCUT2D eigenvalue weighted by Crippen LogP contribution is -2.44. The smallest absolute Gasteiger partial charge is 0.236 e. The number of hydrogen-bond donors (Lipinski definition) is 2. The molecule has 124 valence electrons. The molecule has 1 spiro atoms. The Morgan fingerprint density at radius 2 is 2.08 bits per heavy atom. The molecule has 1 amide bonds. The van der Waals surface area contributed by atoms with Crippen LogP contribution in [-0.4, -0.2) is 35.6 Å². The van der Waals surface area contributed by atoms with Crippen LogP contribution in [-0.2, 0) is 10.2 Å². The number of nitrogens with one attached hydrogen (secondary N) is 2. The fourth-order valence-corrected chi connectivity index (χ4v) is 3.63. The van der Waals surface area contributed by atoms with Gasteiger partial charge in [0.05, 0.1) is 23.3 Å². The molecule has 0 unspecified atom stereocenters. The first-order valence-electron chi connectivity index (χ1n) is 8.36. The fourth-order valence-electron chi connectivity index (χ4n) is 3.63. The lowest BCUT2D eigenvalue weighted by molar-refractivity contribution is -0.121. The van der Waals surface area contributed by atoms with Gasteiger partial charge in [0.1, 0.15) is 5.82 Å². The Kier molecular flexibility index (Phi) is 3.69. The van der Waals surface area contributed by atoms with E-state index in [9.17, 15) is 4.79 Å². The molecule has 0 radical (unpaired) electrons. The molecule has 4 rings (SSSR count). The Balaban J connectivity index is 1.76. The summed E-state index contributed by atoms with van der Waals surface area (Å²) in [6.45, 7) is 4.18. The van der Waals surface area contributed by atoms with Gasteiger partial charge in [0.2, 0.25) is 11.8 Å². The van der Waals surface area contributed by atoms with Crippen molar-refractivity contribution in [2.75, 3.05) is 25.0 Å². The highest BCUT2D eigenvalue weighted by atomic mass is 16.5. The van der Waals surface area contributed by atoms with Gasteiger partial charge in [-0.1, -0.05) is 6.07 Å². The monoisotopic (exact) mass is 324 g/mol. The van der Waals surface area contributed by atoms with Crippen LogP contribution in [0.4, 0.5) is 5.82 Å². The quantitative estimate of drug-likeness (QED) is 0.904. The molecule has 24 heavy (non-hydrogen) atoms. The number of carbonyl (C=O) groups is 1. The summed E-state index contributed by atoms with van der Waals surface area (Å²) >= 11 is 0. The van der Waals surface area contributed by atoms with E-state index in [0.29, 0.717) is 18.3 Å². The normalized spacial score (nSPS) is 18.3. The molecule has 2 aliphatic heterocycles. The minimum Gasteiger partial charge on any atom is -0.477 e. The molecule has 0 aromatic carbocycles. The van der Waals surface area contributed by atoms with Crippen molar-refractivity contribution < 1.29 is 9.53 Å². The van der Waals surface area contributed by atoms with E-state index in [-0.39, 0.29) is 5.91 Å². The summed E-state index contributed by atoms with van der Waals surface area (Å²) in [5, 5.41) is 6.30. The number of aromatic nitrogens is 2. The SMILES string of the molecule is CCOc1ncccc1-c1ccc2c(n1)NC(=O)C21CCNCC1. The van der Waals surface area contributed by atoms with Crippen LogP contribution in [0.2, 0.25) is 0 Å². The number of rotatable bonds is 3. The summed E-state index contributed by atoms with van der Waals surface area (Å²) in [6.07, 6.45) is 3.32. The lowest BCUT2D eigenvalue weighted by Gasteiger charge is -2.31. The summed E-state index contributed by atoms with van der Waals surface area (Å²) in [4.78, 5) is 21.6. The van der Waals surface area contributed by atoms with Gasteiger partial charge in [-0.3, -0.25) is 4.79 Å². The van der Waals surface area contributed by atoms with Crippen molar-refractivity contribution in [3.63, 3.8) is 0 Å². The number of piperidine rings is 1. The van der Waals surface area contributed by atoms with Crippen molar-refractivity contribution >= 4 is 11.7 Å². The molecule has 6 nitrogen and oxygen atoms in total. The van der Waals surface area contributed by atoms with Gasteiger partial charge >= 0.3 is 0 Å². The standard InChI is InChI=1S/C18H20N4O2/c1-2-24-16-12(4-3-9-20-16)14-6-5-13-15(21-14)22-17(23)18(13)7-10-19-11-8-18/h3-6,9,19H,2,7-8,10-11H2,1H3,(H,21,22,23). The largest absolute Gasteiger partial charge is 0.477 e. The zero-order valence-corrected chi connectivity index (χ0v) is 13.6. The third kappa shape index (κ3) is 2.26. The number of amides is 1. The van der Waals surface area contributed by atoms with Crippen molar-refractivity contribution in [2.45, 2.75) is 25.2 Å². The van der Waals surface area contributed by atoms with E-state index >= 15 is 0 Å². The Hall–Kier alpha value is -2.47. The second-order valence-corrected chi connectivity index (χ2v) is 6.17. The van der Waals surface area contributed by atoms with E-state index < -0.39 is 5.41 Å². The first-order chi connectivity index (χ1) is 11.7. The second kappa shape index (κ2) is 5.87.